The molecule has 2 aromatic carbocycles. The van der Waals surface area contributed by atoms with Crippen LogP contribution in [0, 0.1) is 3.57 Å². The molecule has 1 aliphatic heterocycles. The fourth-order valence-corrected chi connectivity index (χ4v) is 4.11. The van der Waals surface area contributed by atoms with Gasteiger partial charge in [-0.15, -0.1) is 0 Å². The van der Waals surface area contributed by atoms with Crippen molar-refractivity contribution in [1.29, 1.82) is 0 Å². The van der Waals surface area contributed by atoms with Gasteiger partial charge in [0.15, 0.2) is 6.61 Å². The summed E-state index contributed by atoms with van der Waals surface area (Å²) >= 11 is 9.61. The minimum absolute atomic E-state index is 0.0331. The minimum atomic E-state index is -0.124. The molecule has 0 spiro atoms. The van der Waals surface area contributed by atoms with Crippen LogP contribution < -0.4 is 10.1 Å². The maximum absolute atomic E-state index is 11.4. The second-order valence-electron chi connectivity index (χ2n) is 4.62. The Hall–Kier alpha value is -0.600. The molecule has 108 valence electrons. The summed E-state index contributed by atoms with van der Waals surface area (Å²) in [6, 6.07) is 12.0. The number of alkyl halides is 1. The van der Waals surface area contributed by atoms with Crippen molar-refractivity contribution >= 4 is 66.0 Å². The van der Waals surface area contributed by atoms with E-state index in [0.717, 1.165) is 21.3 Å². The van der Waals surface area contributed by atoms with E-state index in [0.29, 0.717) is 5.75 Å². The highest BCUT2D eigenvalue weighted by atomic mass is 127. The minimum Gasteiger partial charge on any atom is -0.482 e. The molecule has 0 fully saturated rings. The molecule has 1 atom stereocenters. The van der Waals surface area contributed by atoms with Gasteiger partial charge in [-0.25, -0.2) is 0 Å². The van der Waals surface area contributed by atoms with Gasteiger partial charge in [0, 0.05) is 8.04 Å². The summed E-state index contributed by atoms with van der Waals surface area (Å²) in [5, 5.41) is 2.83. The number of carbonyl (C=O) groups is 1. The van der Waals surface area contributed by atoms with Gasteiger partial charge in [0.05, 0.1) is 10.5 Å². The van der Waals surface area contributed by atoms with Crippen molar-refractivity contribution in [1.82, 2.24) is 0 Å². The van der Waals surface area contributed by atoms with Crippen molar-refractivity contribution in [3.05, 3.63) is 55.6 Å². The lowest BCUT2D eigenvalue weighted by atomic mass is 10.0. The Morgan fingerprint density at radius 3 is 2.86 bits per heavy atom. The summed E-state index contributed by atoms with van der Waals surface area (Å²) in [7, 11) is 0. The van der Waals surface area contributed by atoms with Crippen LogP contribution in [0.15, 0.2) is 40.9 Å². The van der Waals surface area contributed by atoms with E-state index in [1.807, 2.05) is 24.3 Å². The van der Waals surface area contributed by atoms with Crippen LogP contribution in [0.25, 0.3) is 0 Å². The third-order valence-corrected chi connectivity index (χ3v) is 5.58. The smallest absolute Gasteiger partial charge is 0.262 e. The highest BCUT2D eigenvalue weighted by Gasteiger charge is 2.20. The molecule has 0 radical (unpaired) electrons. The maximum Gasteiger partial charge on any atom is 0.262 e. The molecule has 0 saturated carbocycles. The normalized spacial score (nSPS) is 14.9. The molecule has 1 unspecified atom stereocenters. The Morgan fingerprint density at radius 1 is 1.24 bits per heavy atom. The number of halogens is 3. The van der Waals surface area contributed by atoms with Gasteiger partial charge in [-0.3, -0.25) is 4.79 Å². The highest BCUT2D eigenvalue weighted by molar-refractivity contribution is 14.1. The van der Waals surface area contributed by atoms with Gasteiger partial charge in [0.25, 0.3) is 5.91 Å². The number of carbonyl (C=O) groups excluding carboxylic acids is 1. The van der Waals surface area contributed by atoms with E-state index >= 15 is 0 Å². The van der Waals surface area contributed by atoms with Crippen LogP contribution in [-0.2, 0) is 4.79 Å². The monoisotopic (exact) mass is 521 g/mol. The molecule has 21 heavy (non-hydrogen) atoms. The van der Waals surface area contributed by atoms with Crippen molar-refractivity contribution in [2.75, 3.05) is 11.9 Å². The number of anilines is 1. The standard InChI is InChI=1S/C15H10Br2INO2/c16-11-3-2-9(18)6-10(11)15(17)8-1-4-13-12(5-8)19-14(20)7-21-13/h1-6,15H,7H2,(H,19,20). The second kappa shape index (κ2) is 6.26. The highest BCUT2D eigenvalue weighted by Crippen LogP contribution is 2.39. The fourth-order valence-electron chi connectivity index (χ4n) is 2.15. The van der Waals surface area contributed by atoms with Crippen LogP contribution in [0.2, 0.25) is 0 Å². The van der Waals surface area contributed by atoms with Crippen molar-refractivity contribution in [2.24, 2.45) is 0 Å². The summed E-state index contributed by atoms with van der Waals surface area (Å²) in [6.07, 6.45) is 0. The van der Waals surface area contributed by atoms with E-state index in [1.54, 1.807) is 0 Å². The molecule has 0 saturated heterocycles. The van der Waals surface area contributed by atoms with Crippen molar-refractivity contribution in [3.8, 4) is 5.75 Å². The number of ether oxygens (including phenoxy) is 1. The Kier molecular flexibility index (Phi) is 4.56. The molecule has 0 aliphatic carbocycles. The number of nitrogens with one attached hydrogen (secondary N) is 1. The lowest BCUT2D eigenvalue weighted by molar-refractivity contribution is -0.118. The van der Waals surface area contributed by atoms with Crippen molar-refractivity contribution in [3.63, 3.8) is 0 Å². The van der Waals surface area contributed by atoms with E-state index in [4.69, 9.17) is 4.74 Å². The largest absolute Gasteiger partial charge is 0.482 e. The molecule has 3 rings (SSSR count). The molecule has 0 bridgehead atoms. The van der Waals surface area contributed by atoms with Crippen LogP contribution in [0.3, 0.4) is 0 Å². The van der Waals surface area contributed by atoms with E-state index in [2.05, 4.69) is 71.9 Å². The summed E-state index contributed by atoms with van der Waals surface area (Å²) in [5.74, 6) is 0.584. The summed E-state index contributed by atoms with van der Waals surface area (Å²) < 4.78 is 7.60. The second-order valence-corrected chi connectivity index (χ2v) is 7.64. The van der Waals surface area contributed by atoms with Gasteiger partial charge in [0.1, 0.15) is 5.75 Å². The molecule has 2 aromatic rings. The van der Waals surface area contributed by atoms with E-state index in [9.17, 15) is 4.79 Å². The maximum atomic E-state index is 11.4. The topological polar surface area (TPSA) is 38.3 Å². The van der Waals surface area contributed by atoms with Crippen LogP contribution in [-0.4, -0.2) is 12.5 Å². The lowest BCUT2D eigenvalue weighted by Crippen LogP contribution is -2.25. The number of rotatable bonds is 2. The van der Waals surface area contributed by atoms with Gasteiger partial charge in [0.2, 0.25) is 0 Å². The van der Waals surface area contributed by atoms with Gasteiger partial charge in [-0.2, -0.15) is 0 Å². The summed E-state index contributed by atoms with van der Waals surface area (Å²) in [4.78, 5) is 11.5. The number of fused-ring (bicyclic) bond motifs is 1. The average Bonchev–Trinajstić information content (AvgIpc) is 2.48. The first kappa shape index (κ1) is 15.3. The zero-order valence-electron chi connectivity index (χ0n) is 10.7. The molecule has 1 N–H and O–H groups in total. The third kappa shape index (κ3) is 3.27. The van der Waals surface area contributed by atoms with Crippen LogP contribution in [0.1, 0.15) is 16.0 Å². The molecular formula is C15H10Br2INO2. The molecule has 1 heterocycles. The fraction of sp³-hybridized carbons (Fsp3) is 0.133. The van der Waals surface area contributed by atoms with E-state index in [1.165, 1.54) is 3.57 Å². The van der Waals surface area contributed by atoms with Gasteiger partial charge < -0.3 is 10.1 Å². The number of hydrogen-bond acceptors (Lipinski definition) is 2. The predicted octanol–water partition coefficient (Wildman–Crippen LogP) is 4.87. The summed E-state index contributed by atoms with van der Waals surface area (Å²) in [6.45, 7) is 0.0759. The van der Waals surface area contributed by atoms with Crippen LogP contribution in [0.4, 0.5) is 5.69 Å². The molecule has 6 heteroatoms. The Morgan fingerprint density at radius 2 is 2.05 bits per heavy atom. The van der Waals surface area contributed by atoms with Gasteiger partial charge in [-0.1, -0.05) is 37.9 Å². The third-order valence-electron chi connectivity index (χ3n) is 3.16. The lowest BCUT2D eigenvalue weighted by Gasteiger charge is -2.20. The molecule has 3 nitrogen and oxygen atoms in total. The first-order valence-electron chi connectivity index (χ1n) is 6.20. The van der Waals surface area contributed by atoms with Crippen molar-refractivity contribution in [2.45, 2.75) is 4.83 Å². The molecular weight excluding hydrogens is 513 g/mol. The molecule has 1 aliphatic rings. The molecule has 0 aromatic heterocycles. The quantitative estimate of drug-likeness (QED) is 0.451. The summed E-state index contributed by atoms with van der Waals surface area (Å²) in [5.41, 5.74) is 2.92. The van der Waals surface area contributed by atoms with Crippen molar-refractivity contribution < 1.29 is 9.53 Å². The zero-order valence-corrected chi connectivity index (χ0v) is 16.0. The SMILES string of the molecule is O=C1COc2ccc(C(Br)c3cc(I)ccc3Br)cc2N1. The zero-order chi connectivity index (χ0) is 15.0. The first-order valence-corrected chi connectivity index (χ1v) is 8.99. The van der Waals surface area contributed by atoms with Crippen LogP contribution >= 0.6 is 54.5 Å². The Balaban J connectivity index is 1.98. The van der Waals surface area contributed by atoms with E-state index < -0.39 is 0 Å². The number of benzene rings is 2. The number of amides is 1. The van der Waals surface area contributed by atoms with Gasteiger partial charge >= 0.3 is 0 Å². The Bertz CT molecular complexity index is 721. The molecule has 1 amide bonds. The Labute approximate surface area is 152 Å². The van der Waals surface area contributed by atoms with Gasteiger partial charge in [-0.05, 0) is 64.0 Å². The van der Waals surface area contributed by atoms with E-state index in [-0.39, 0.29) is 17.3 Å². The predicted molar refractivity (Wildman–Crippen MR) is 98.2 cm³/mol. The average molecular weight is 523 g/mol. The number of hydrogen-bond donors (Lipinski definition) is 1. The first-order chi connectivity index (χ1) is 10.0. The van der Waals surface area contributed by atoms with Crippen LogP contribution in [0.5, 0.6) is 5.75 Å².